The Morgan fingerprint density at radius 1 is 1.41 bits per heavy atom. The molecule has 10 heteroatoms. The van der Waals surface area contributed by atoms with Crippen LogP contribution >= 0.6 is 0 Å². The number of aromatic hydroxyl groups is 1. The Bertz CT molecular complexity index is 992. The molecule has 4 rings (SSSR count). The summed E-state index contributed by atoms with van der Waals surface area (Å²) in [6.07, 6.45) is -0.927. The van der Waals surface area contributed by atoms with E-state index in [1.54, 1.807) is 0 Å². The molecule has 2 amide bonds. The molecular weight excluding hydrogens is 388 g/mol. The fraction of sp³-hybridized carbons (Fsp3) is 0.368. The minimum atomic E-state index is -1.78. The third-order valence-electron chi connectivity index (χ3n) is 5.20. The monoisotopic (exact) mass is 407 g/mol. The number of carbonyl (C=O) groups is 2. The van der Waals surface area contributed by atoms with Crippen molar-refractivity contribution in [3.05, 3.63) is 52.9 Å². The van der Waals surface area contributed by atoms with Crippen LogP contribution in [0.15, 0.2) is 24.4 Å². The van der Waals surface area contributed by atoms with Gasteiger partial charge >= 0.3 is 0 Å². The van der Waals surface area contributed by atoms with Gasteiger partial charge in [-0.15, -0.1) is 0 Å². The molecule has 1 aromatic carbocycles. The van der Waals surface area contributed by atoms with Crippen LogP contribution in [0.25, 0.3) is 0 Å². The van der Waals surface area contributed by atoms with Gasteiger partial charge in [0.2, 0.25) is 0 Å². The highest BCUT2D eigenvalue weighted by Crippen LogP contribution is 2.36. The summed E-state index contributed by atoms with van der Waals surface area (Å²) in [6, 6.07) is 2.76. The number of halogens is 2. The van der Waals surface area contributed by atoms with Crippen LogP contribution in [-0.4, -0.2) is 50.4 Å². The summed E-state index contributed by atoms with van der Waals surface area (Å²) in [7, 11) is 0. The van der Waals surface area contributed by atoms with E-state index < -0.39 is 41.5 Å². The molecule has 0 bridgehead atoms. The van der Waals surface area contributed by atoms with Gasteiger partial charge in [-0.2, -0.15) is 0 Å². The highest BCUT2D eigenvalue weighted by atomic mass is 19.1. The summed E-state index contributed by atoms with van der Waals surface area (Å²) >= 11 is 0. The number of fused-ring (bicyclic) bond motifs is 2. The number of nitrogens with zero attached hydrogens (tertiary/aromatic N) is 2. The minimum Gasteiger partial charge on any atom is -0.505 e. The number of aliphatic hydroxyl groups is 1. The molecule has 0 aliphatic carbocycles. The summed E-state index contributed by atoms with van der Waals surface area (Å²) in [5.74, 6) is -3.41. The van der Waals surface area contributed by atoms with E-state index in [1.165, 1.54) is 21.7 Å². The SMILES string of the molecule is C[C@H]1CO[C@@H]2Cn3cc(C(O)C(=O)NCc4ccc(F)cc4F)c(O)c3C(=O)N12. The topological polar surface area (TPSA) is 104 Å². The lowest BCUT2D eigenvalue weighted by Gasteiger charge is -2.31. The number of aromatic nitrogens is 1. The Morgan fingerprint density at radius 3 is 2.90 bits per heavy atom. The molecule has 2 aliphatic rings. The predicted molar refractivity (Wildman–Crippen MR) is 94.6 cm³/mol. The zero-order valence-electron chi connectivity index (χ0n) is 15.4. The van der Waals surface area contributed by atoms with Crippen molar-refractivity contribution in [3.63, 3.8) is 0 Å². The van der Waals surface area contributed by atoms with E-state index in [-0.39, 0.29) is 36.0 Å². The van der Waals surface area contributed by atoms with Crippen molar-refractivity contribution < 1.29 is 33.3 Å². The van der Waals surface area contributed by atoms with E-state index in [1.807, 2.05) is 6.92 Å². The van der Waals surface area contributed by atoms with Gasteiger partial charge in [-0.3, -0.25) is 9.59 Å². The Morgan fingerprint density at radius 2 is 2.17 bits per heavy atom. The van der Waals surface area contributed by atoms with Crippen LogP contribution in [0.5, 0.6) is 5.75 Å². The molecular formula is C19H19F2N3O5. The summed E-state index contributed by atoms with van der Waals surface area (Å²) in [6.45, 7) is 2.19. The van der Waals surface area contributed by atoms with Gasteiger partial charge in [0.1, 0.15) is 17.3 Å². The number of nitrogens with one attached hydrogen (secondary N) is 1. The smallest absolute Gasteiger partial charge is 0.276 e. The van der Waals surface area contributed by atoms with Crippen molar-refractivity contribution in [1.29, 1.82) is 0 Å². The van der Waals surface area contributed by atoms with E-state index in [9.17, 15) is 28.6 Å². The molecule has 0 spiro atoms. The largest absolute Gasteiger partial charge is 0.505 e. The third kappa shape index (κ3) is 3.23. The third-order valence-corrected chi connectivity index (χ3v) is 5.20. The highest BCUT2D eigenvalue weighted by molar-refractivity contribution is 5.98. The van der Waals surface area contributed by atoms with Crippen LogP contribution in [0.1, 0.15) is 34.6 Å². The lowest BCUT2D eigenvalue weighted by Crippen LogP contribution is -2.47. The standard InChI is InChI=1S/C19H19F2N3O5/c1-9-8-29-14-7-23-6-12(16(25)15(23)19(28)24(9)14)17(26)18(27)22-5-10-2-3-11(20)4-13(10)21/h2-4,6,9,14,17,25-26H,5,7-8H2,1H3,(H,22,27)/t9-,14+,17?/m0/s1. The van der Waals surface area contributed by atoms with E-state index in [2.05, 4.69) is 5.32 Å². The van der Waals surface area contributed by atoms with Crippen LogP contribution in [0.2, 0.25) is 0 Å². The summed E-state index contributed by atoms with van der Waals surface area (Å²) in [5.41, 5.74) is -0.126. The molecule has 0 saturated carbocycles. The lowest BCUT2D eigenvalue weighted by atomic mass is 10.1. The normalized spacial score (nSPS) is 21.7. The van der Waals surface area contributed by atoms with E-state index in [0.717, 1.165) is 6.07 Å². The molecule has 0 radical (unpaired) electrons. The van der Waals surface area contributed by atoms with Gasteiger partial charge < -0.3 is 29.7 Å². The van der Waals surface area contributed by atoms with Crippen LogP contribution in [-0.2, 0) is 22.6 Å². The van der Waals surface area contributed by atoms with Crippen molar-refractivity contribution in [2.75, 3.05) is 6.61 Å². The molecule has 1 fully saturated rings. The quantitative estimate of drug-likeness (QED) is 0.702. The maximum atomic E-state index is 13.7. The summed E-state index contributed by atoms with van der Waals surface area (Å²) in [4.78, 5) is 26.5. The summed E-state index contributed by atoms with van der Waals surface area (Å²) < 4.78 is 33.6. The maximum Gasteiger partial charge on any atom is 0.276 e. The Balaban J connectivity index is 1.52. The second-order valence-corrected chi connectivity index (χ2v) is 7.14. The van der Waals surface area contributed by atoms with E-state index in [4.69, 9.17) is 4.74 Å². The van der Waals surface area contributed by atoms with E-state index >= 15 is 0 Å². The number of benzene rings is 1. The van der Waals surface area contributed by atoms with Gasteiger partial charge in [-0.05, 0) is 13.0 Å². The first-order valence-corrected chi connectivity index (χ1v) is 9.04. The number of hydrogen-bond donors (Lipinski definition) is 3. The molecule has 1 unspecified atom stereocenters. The number of amides is 2. The fourth-order valence-corrected chi connectivity index (χ4v) is 3.68. The van der Waals surface area contributed by atoms with Crippen molar-refractivity contribution in [3.8, 4) is 5.75 Å². The first kappa shape index (κ1) is 19.3. The highest BCUT2D eigenvalue weighted by Gasteiger charge is 2.43. The predicted octanol–water partition coefficient (Wildman–Crippen LogP) is 1.02. The molecule has 3 N–H and O–H groups in total. The molecule has 2 aromatic rings. The van der Waals surface area contributed by atoms with Crippen LogP contribution in [0, 0.1) is 11.6 Å². The fourth-order valence-electron chi connectivity index (χ4n) is 3.68. The number of ether oxygens (including phenoxy) is 1. The molecule has 154 valence electrons. The molecule has 8 nitrogen and oxygen atoms in total. The number of aliphatic hydroxyl groups excluding tert-OH is 1. The van der Waals surface area contributed by atoms with Gasteiger partial charge in [0.15, 0.2) is 18.1 Å². The molecule has 29 heavy (non-hydrogen) atoms. The van der Waals surface area contributed by atoms with Crippen LogP contribution < -0.4 is 5.32 Å². The number of hydrogen-bond acceptors (Lipinski definition) is 5. The van der Waals surface area contributed by atoms with E-state index in [0.29, 0.717) is 12.7 Å². The zero-order valence-corrected chi connectivity index (χ0v) is 15.4. The van der Waals surface area contributed by atoms with Gasteiger partial charge in [-0.25, -0.2) is 8.78 Å². The molecule has 3 atom stereocenters. The Hall–Kier alpha value is -2.98. The number of rotatable bonds is 4. The Kier molecular flexibility index (Phi) is 4.75. The minimum absolute atomic E-state index is 0.0231. The molecule has 2 aliphatic heterocycles. The first-order chi connectivity index (χ1) is 13.8. The maximum absolute atomic E-state index is 13.7. The first-order valence-electron chi connectivity index (χ1n) is 9.04. The second-order valence-electron chi connectivity index (χ2n) is 7.14. The zero-order chi connectivity index (χ0) is 20.9. The van der Waals surface area contributed by atoms with Crippen molar-refractivity contribution >= 4 is 11.8 Å². The lowest BCUT2D eigenvalue weighted by molar-refractivity contribution is -0.129. The van der Waals surface area contributed by atoms with Gasteiger partial charge in [0.05, 0.1) is 24.8 Å². The molecule has 1 saturated heterocycles. The number of carbonyl (C=O) groups excluding carboxylic acids is 2. The van der Waals surface area contributed by atoms with Gasteiger partial charge in [-0.1, -0.05) is 6.07 Å². The van der Waals surface area contributed by atoms with Gasteiger partial charge in [0.25, 0.3) is 11.8 Å². The summed E-state index contributed by atoms with van der Waals surface area (Å²) in [5, 5.41) is 23.2. The van der Waals surface area contributed by atoms with Crippen molar-refractivity contribution in [1.82, 2.24) is 14.8 Å². The van der Waals surface area contributed by atoms with Gasteiger partial charge in [0, 0.05) is 24.4 Å². The Labute approximate surface area is 164 Å². The van der Waals surface area contributed by atoms with Crippen molar-refractivity contribution in [2.24, 2.45) is 0 Å². The molecule has 3 heterocycles. The van der Waals surface area contributed by atoms with Crippen LogP contribution in [0.3, 0.4) is 0 Å². The van der Waals surface area contributed by atoms with Crippen LogP contribution in [0.4, 0.5) is 8.78 Å². The average Bonchev–Trinajstić information content (AvgIpc) is 3.21. The average molecular weight is 407 g/mol. The second kappa shape index (κ2) is 7.12. The molecule has 1 aromatic heterocycles. The van der Waals surface area contributed by atoms with Crippen molar-refractivity contribution in [2.45, 2.75) is 38.4 Å².